The monoisotopic (exact) mass is 217 g/mol. The third kappa shape index (κ3) is 3.39. The van der Waals surface area contributed by atoms with Crippen LogP contribution >= 0.6 is 0 Å². The highest BCUT2D eigenvalue weighted by molar-refractivity contribution is 5.74. The number of hydroxylamine groups is 2. The summed E-state index contributed by atoms with van der Waals surface area (Å²) in [6, 6.07) is 0. The maximum atomic E-state index is 11.4. The van der Waals surface area contributed by atoms with E-state index in [4.69, 9.17) is 14.7 Å². The Hall–Kier alpha value is -1.30. The Morgan fingerprint density at radius 1 is 1.47 bits per heavy atom. The number of amides is 1. The van der Waals surface area contributed by atoms with E-state index in [2.05, 4.69) is 0 Å². The van der Waals surface area contributed by atoms with Crippen LogP contribution in [0.2, 0.25) is 0 Å². The van der Waals surface area contributed by atoms with Crippen molar-refractivity contribution in [3.05, 3.63) is 0 Å². The van der Waals surface area contributed by atoms with Crippen LogP contribution in [0.1, 0.15) is 27.2 Å². The van der Waals surface area contributed by atoms with Gasteiger partial charge in [-0.25, -0.2) is 9.59 Å². The van der Waals surface area contributed by atoms with Crippen LogP contribution in [-0.4, -0.2) is 40.5 Å². The second kappa shape index (κ2) is 4.06. The molecule has 1 rings (SSSR count). The summed E-state index contributed by atoms with van der Waals surface area (Å²) in [4.78, 5) is 26.9. The molecule has 0 saturated carbocycles. The average molecular weight is 217 g/mol. The molecule has 1 N–H and O–H groups in total. The van der Waals surface area contributed by atoms with E-state index in [0.29, 0.717) is 0 Å². The molecule has 0 aromatic carbocycles. The van der Waals surface area contributed by atoms with Gasteiger partial charge in [-0.3, -0.25) is 4.84 Å². The van der Waals surface area contributed by atoms with Gasteiger partial charge in [0.05, 0.1) is 6.54 Å². The third-order valence-corrected chi connectivity index (χ3v) is 1.72. The van der Waals surface area contributed by atoms with Gasteiger partial charge in [-0.1, -0.05) is 0 Å². The Morgan fingerprint density at radius 2 is 2.07 bits per heavy atom. The molecule has 15 heavy (non-hydrogen) atoms. The minimum absolute atomic E-state index is 0.242. The van der Waals surface area contributed by atoms with E-state index in [0.717, 1.165) is 5.06 Å². The summed E-state index contributed by atoms with van der Waals surface area (Å²) >= 11 is 0. The van der Waals surface area contributed by atoms with Gasteiger partial charge in [0.1, 0.15) is 5.60 Å². The predicted molar refractivity (Wildman–Crippen MR) is 50.1 cm³/mol. The van der Waals surface area contributed by atoms with Crippen LogP contribution in [0.4, 0.5) is 4.79 Å². The van der Waals surface area contributed by atoms with E-state index in [1.807, 2.05) is 0 Å². The van der Waals surface area contributed by atoms with Gasteiger partial charge >= 0.3 is 12.1 Å². The molecule has 0 aliphatic carbocycles. The molecule has 1 saturated heterocycles. The van der Waals surface area contributed by atoms with Crippen molar-refractivity contribution in [2.45, 2.75) is 38.9 Å². The molecule has 1 aliphatic heterocycles. The van der Waals surface area contributed by atoms with Crippen molar-refractivity contribution < 1.29 is 24.3 Å². The van der Waals surface area contributed by atoms with Crippen molar-refractivity contribution in [3.63, 3.8) is 0 Å². The lowest BCUT2D eigenvalue weighted by Gasteiger charge is -2.23. The number of aliphatic carboxylic acids is 1. The zero-order valence-corrected chi connectivity index (χ0v) is 9.02. The molecule has 1 atom stereocenters. The molecule has 1 aliphatic rings. The Morgan fingerprint density at radius 3 is 2.47 bits per heavy atom. The maximum Gasteiger partial charge on any atom is 0.434 e. The lowest BCUT2D eigenvalue weighted by molar-refractivity contribution is -0.171. The summed E-state index contributed by atoms with van der Waals surface area (Å²) in [7, 11) is 0. The number of rotatable bonds is 1. The first-order chi connectivity index (χ1) is 6.79. The van der Waals surface area contributed by atoms with Gasteiger partial charge in [-0.2, -0.15) is 5.06 Å². The summed E-state index contributed by atoms with van der Waals surface area (Å²) in [5, 5.41) is 9.59. The summed E-state index contributed by atoms with van der Waals surface area (Å²) in [6.07, 6.45) is -1.31. The number of carboxylic acid groups (broad SMARTS) is 1. The summed E-state index contributed by atoms with van der Waals surface area (Å²) in [6.45, 7) is 5.44. The van der Waals surface area contributed by atoms with Gasteiger partial charge in [-0.05, 0) is 20.8 Å². The summed E-state index contributed by atoms with van der Waals surface area (Å²) in [5.74, 6) is -1.07. The number of hydrogen-bond acceptors (Lipinski definition) is 4. The zero-order chi connectivity index (χ0) is 11.6. The number of nitrogens with zero attached hydrogens (tertiary/aromatic N) is 1. The molecule has 1 fully saturated rings. The maximum absolute atomic E-state index is 11.4. The largest absolute Gasteiger partial charge is 0.479 e. The fraction of sp³-hybridized carbons (Fsp3) is 0.778. The molecule has 0 spiro atoms. The fourth-order valence-corrected chi connectivity index (χ4v) is 1.11. The standard InChI is InChI=1S/C9H15NO5/c1-9(2,3)14-8(13)10-5-4-6(15-10)7(11)12/h6H,4-5H2,1-3H3,(H,11,12). The highest BCUT2D eigenvalue weighted by Crippen LogP contribution is 2.17. The smallest absolute Gasteiger partial charge is 0.434 e. The van der Waals surface area contributed by atoms with E-state index < -0.39 is 23.8 Å². The Kier molecular flexibility index (Phi) is 3.18. The summed E-state index contributed by atoms with van der Waals surface area (Å²) in [5.41, 5.74) is -0.609. The lowest BCUT2D eigenvalue weighted by atomic mass is 10.2. The van der Waals surface area contributed by atoms with Gasteiger partial charge < -0.3 is 9.84 Å². The van der Waals surface area contributed by atoms with Gasteiger partial charge in [-0.15, -0.1) is 0 Å². The normalized spacial score (nSPS) is 21.5. The van der Waals surface area contributed by atoms with E-state index in [-0.39, 0.29) is 13.0 Å². The molecule has 0 bridgehead atoms. The SMILES string of the molecule is CC(C)(C)OC(=O)N1CCC(C(=O)O)O1. The molecule has 1 amide bonds. The Bertz CT molecular complexity index is 270. The highest BCUT2D eigenvalue weighted by atomic mass is 16.7. The van der Waals surface area contributed by atoms with Gasteiger partial charge in [0, 0.05) is 6.42 Å². The first kappa shape index (κ1) is 11.8. The average Bonchev–Trinajstić information content (AvgIpc) is 2.47. The van der Waals surface area contributed by atoms with E-state index in [1.54, 1.807) is 20.8 Å². The van der Waals surface area contributed by atoms with Crippen molar-refractivity contribution in [2.24, 2.45) is 0 Å². The lowest BCUT2D eigenvalue weighted by Crippen LogP contribution is -2.35. The van der Waals surface area contributed by atoms with E-state index in [9.17, 15) is 9.59 Å². The Labute approximate surface area is 87.7 Å². The first-order valence-electron chi connectivity index (χ1n) is 4.70. The molecule has 1 unspecified atom stereocenters. The molecule has 6 heteroatoms. The molecular weight excluding hydrogens is 202 g/mol. The minimum Gasteiger partial charge on any atom is -0.479 e. The second-order valence-corrected chi connectivity index (χ2v) is 4.30. The van der Waals surface area contributed by atoms with Crippen LogP contribution in [0, 0.1) is 0 Å². The first-order valence-corrected chi connectivity index (χ1v) is 4.70. The van der Waals surface area contributed by atoms with Crippen molar-refractivity contribution in [1.82, 2.24) is 5.06 Å². The number of carboxylic acids is 1. The molecule has 0 aromatic heterocycles. The second-order valence-electron chi connectivity index (χ2n) is 4.30. The van der Waals surface area contributed by atoms with E-state index >= 15 is 0 Å². The van der Waals surface area contributed by atoms with Crippen LogP contribution in [0.5, 0.6) is 0 Å². The molecule has 0 radical (unpaired) electrons. The minimum atomic E-state index is -1.07. The molecular formula is C9H15NO5. The van der Waals surface area contributed by atoms with Crippen molar-refractivity contribution in [2.75, 3.05) is 6.54 Å². The van der Waals surface area contributed by atoms with Gasteiger partial charge in [0.25, 0.3) is 0 Å². The quantitative estimate of drug-likeness (QED) is 0.709. The Balaban J connectivity index is 2.47. The van der Waals surface area contributed by atoms with E-state index in [1.165, 1.54) is 0 Å². The molecule has 6 nitrogen and oxygen atoms in total. The summed E-state index contributed by atoms with van der Waals surface area (Å²) < 4.78 is 5.02. The topological polar surface area (TPSA) is 76.1 Å². The molecule has 86 valence electrons. The zero-order valence-electron chi connectivity index (χ0n) is 9.02. The van der Waals surface area contributed by atoms with Crippen molar-refractivity contribution in [3.8, 4) is 0 Å². The molecule has 1 heterocycles. The fourth-order valence-electron chi connectivity index (χ4n) is 1.11. The van der Waals surface area contributed by atoms with Crippen molar-refractivity contribution >= 4 is 12.1 Å². The number of hydrogen-bond donors (Lipinski definition) is 1. The molecule has 0 aromatic rings. The highest BCUT2D eigenvalue weighted by Gasteiger charge is 2.34. The number of carbonyl (C=O) groups excluding carboxylic acids is 1. The van der Waals surface area contributed by atoms with Crippen molar-refractivity contribution in [1.29, 1.82) is 0 Å². The van der Waals surface area contributed by atoms with Crippen LogP contribution in [-0.2, 0) is 14.4 Å². The van der Waals surface area contributed by atoms with Crippen LogP contribution in [0.25, 0.3) is 0 Å². The number of carbonyl (C=O) groups is 2. The van der Waals surface area contributed by atoms with Crippen LogP contribution in [0.15, 0.2) is 0 Å². The van der Waals surface area contributed by atoms with Crippen LogP contribution in [0.3, 0.4) is 0 Å². The van der Waals surface area contributed by atoms with Crippen LogP contribution < -0.4 is 0 Å². The van der Waals surface area contributed by atoms with Gasteiger partial charge in [0.15, 0.2) is 6.10 Å². The number of ether oxygens (including phenoxy) is 1. The van der Waals surface area contributed by atoms with Gasteiger partial charge in [0.2, 0.25) is 0 Å². The third-order valence-electron chi connectivity index (χ3n) is 1.72. The predicted octanol–water partition coefficient (Wildman–Crippen LogP) is 1.01.